The van der Waals surface area contributed by atoms with E-state index in [9.17, 15) is 4.79 Å². The molecule has 0 saturated carbocycles. The lowest BCUT2D eigenvalue weighted by Crippen LogP contribution is -2.01. The summed E-state index contributed by atoms with van der Waals surface area (Å²) in [6.07, 6.45) is 1.41. The van der Waals surface area contributed by atoms with E-state index in [1.54, 1.807) is 13.0 Å². The van der Waals surface area contributed by atoms with Gasteiger partial charge in [-0.15, -0.1) is 0 Å². The Kier molecular flexibility index (Phi) is 9.79. The van der Waals surface area contributed by atoms with Crippen LogP contribution in [0, 0.1) is 11.3 Å². The first-order valence-electron chi connectivity index (χ1n) is 3.41. The van der Waals surface area contributed by atoms with Crippen LogP contribution in [0.4, 0.5) is 0 Å². The lowest BCUT2D eigenvalue weighted by Gasteiger charge is -1.91. The fraction of sp³-hybridized carbons (Fsp3) is 0.500. The van der Waals surface area contributed by atoms with Crippen LogP contribution in [0.25, 0.3) is 0 Å². The van der Waals surface area contributed by atoms with Crippen LogP contribution in [-0.2, 0) is 9.53 Å². The third kappa shape index (κ3) is 5.16. The van der Waals surface area contributed by atoms with Gasteiger partial charge in [0.2, 0.25) is 0 Å². The van der Waals surface area contributed by atoms with Crippen molar-refractivity contribution in [3.63, 3.8) is 0 Å². The highest BCUT2D eigenvalue weighted by Crippen LogP contribution is 1.92. The van der Waals surface area contributed by atoms with Gasteiger partial charge in [0.15, 0.2) is 0 Å². The zero-order chi connectivity index (χ0) is 9.28. The van der Waals surface area contributed by atoms with Gasteiger partial charge in [-0.05, 0) is 6.92 Å². The molecule has 3 nitrogen and oxygen atoms in total. The fourth-order valence-corrected chi connectivity index (χ4v) is 0.338. The summed E-state index contributed by atoms with van der Waals surface area (Å²) in [5, 5.41) is 8.21. The number of ether oxygens (including phenoxy) is 1. The van der Waals surface area contributed by atoms with Crippen LogP contribution in [0.2, 0.25) is 0 Å². The summed E-state index contributed by atoms with van der Waals surface area (Å²) in [4.78, 5) is 10.5. The normalized spacial score (nSPS) is 8.82. The molecule has 0 aliphatic rings. The minimum absolute atomic E-state index is 0.0394. The van der Waals surface area contributed by atoms with E-state index in [4.69, 9.17) is 5.26 Å². The standard InChI is InChI=1S/C6H7NO2.C2H6/c1-3-5(4-7)6(8)9-2;1-2/h3H,1-2H3;1-2H3/b5-3-;. The Balaban J connectivity index is 0. The van der Waals surface area contributed by atoms with Crippen molar-refractivity contribution in [2.24, 2.45) is 0 Å². The van der Waals surface area contributed by atoms with Gasteiger partial charge in [-0.1, -0.05) is 19.9 Å². The van der Waals surface area contributed by atoms with Crippen LogP contribution in [-0.4, -0.2) is 13.1 Å². The molecule has 0 bridgehead atoms. The lowest BCUT2D eigenvalue weighted by molar-refractivity contribution is -0.135. The largest absolute Gasteiger partial charge is 0.465 e. The molecular weight excluding hydrogens is 142 g/mol. The van der Waals surface area contributed by atoms with Crippen molar-refractivity contribution < 1.29 is 9.53 Å². The second kappa shape index (κ2) is 8.70. The topological polar surface area (TPSA) is 50.1 Å². The molecule has 0 aliphatic carbocycles. The molecular formula is C8H13NO2. The molecule has 0 heterocycles. The van der Waals surface area contributed by atoms with E-state index < -0.39 is 5.97 Å². The second-order valence-electron chi connectivity index (χ2n) is 1.31. The van der Waals surface area contributed by atoms with E-state index >= 15 is 0 Å². The van der Waals surface area contributed by atoms with E-state index in [-0.39, 0.29) is 5.57 Å². The maximum Gasteiger partial charge on any atom is 0.348 e. The van der Waals surface area contributed by atoms with Crippen LogP contribution >= 0.6 is 0 Å². The predicted octanol–water partition coefficient (Wildman–Crippen LogP) is 1.66. The lowest BCUT2D eigenvalue weighted by atomic mass is 10.3. The number of esters is 1. The second-order valence-corrected chi connectivity index (χ2v) is 1.31. The summed E-state index contributed by atoms with van der Waals surface area (Å²) in [5.41, 5.74) is 0.0394. The summed E-state index contributed by atoms with van der Waals surface area (Å²) in [6.45, 7) is 5.61. The predicted molar refractivity (Wildman–Crippen MR) is 42.7 cm³/mol. The molecule has 0 aromatic rings. The number of methoxy groups -OCH3 is 1. The molecule has 0 aromatic carbocycles. The number of nitrogens with zero attached hydrogens (tertiary/aromatic N) is 1. The van der Waals surface area contributed by atoms with E-state index in [0.29, 0.717) is 0 Å². The van der Waals surface area contributed by atoms with Crippen LogP contribution in [0.3, 0.4) is 0 Å². The van der Waals surface area contributed by atoms with Gasteiger partial charge in [0, 0.05) is 0 Å². The first-order chi connectivity index (χ1) is 5.26. The van der Waals surface area contributed by atoms with Crippen molar-refractivity contribution in [2.45, 2.75) is 20.8 Å². The van der Waals surface area contributed by atoms with Gasteiger partial charge in [-0.3, -0.25) is 0 Å². The van der Waals surface area contributed by atoms with E-state index in [0.717, 1.165) is 0 Å². The average molecular weight is 155 g/mol. The van der Waals surface area contributed by atoms with Gasteiger partial charge < -0.3 is 4.74 Å². The maximum atomic E-state index is 10.5. The first-order valence-corrected chi connectivity index (χ1v) is 3.41. The molecule has 0 spiro atoms. The number of carbonyl (C=O) groups excluding carboxylic acids is 1. The smallest absolute Gasteiger partial charge is 0.348 e. The number of allylic oxidation sites excluding steroid dienone is 1. The Morgan fingerprint density at radius 3 is 2.09 bits per heavy atom. The third-order valence-electron chi connectivity index (χ3n) is 0.814. The Morgan fingerprint density at radius 1 is 1.55 bits per heavy atom. The number of nitriles is 1. The zero-order valence-corrected chi connectivity index (χ0v) is 7.34. The Labute approximate surface area is 67.3 Å². The number of hydrogen-bond acceptors (Lipinski definition) is 3. The Bertz CT molecular complexity index is 177. The van der Waals surface area contributed by atoms with Crippen LogP contribution in [0.15, 0.2) is 11.6 Å². The van der Waals surface area contributed by atoms with Gasteiger partial charge in [0.1, 0.15) is 11.6 Å². The van der Waals surface area contributed by atoms with Crippen molar-refractivity contribution in [1.82, 2.24) is 0 Å². The van der Waals surface area contributed by atoms with Gasteiger partial charge in [0.25, 0.3) is 0 Å². The van der Waals surface area contributed by atoms with E-state index in [1.807, 2.05) is 13.8 Å². The molecule has 0 aromatic heterocycles. The maximum absolute atomic E-state index is 10.5. The highest BCUT2D eigenvalue weighted by atomic mass is 16.5. The fourth-order valence-electron chi connectivity index (χ4n) is 0.338. The van der Waals surface area contributed by atoms with Gasteiger partial charge in [-0.2, -0.15) is 5.26 Å². The summed E-state index contributed by atoms with van der Waals surface area (Å²) in [6, 6.07) is 1.69. The van der Waals surface area contributed by atoms with Crippen molar-refractivity contribution >= 4 is 5.97 Å². The summed E-state index contributed by atoms with van der Waals surface area (Å²) >= 11 is 0. The molecule has 0 atom stereocenters. The van der Waals surface area contributed by atoms with Crippen LogP contribution in [0.5, 0.6) is 0 Å². The minimum atomic E-state index is -0.583. The molecule has 0 saturated heterocycles. The molecule has 0 aliphatic heterocycles. The van der Waals surface area contributed by atoms with Crippen LogP contribution < -0.4 is 0 Å². The molecule has 0 rings (SSSR count). The van der Waals surface area contributed by atoms with Crippen molar-refractivity contribution in [1.29, 1.82) is 5.26 Å². The summed E-state index contributed by atoms with van der Waals surface area (Å²) < 4.78 is 4.26. The van der Waals surface area contributed by atoms with E-state index in [1.165, 1.54) is 13.2 Å². The van der Waals surface area contributed by atoms with Gasteiger partial charge >= 0.3 is 5.97 Å². The minimum Gasteiger partial charge on any atom is -0.465 e. The SMILES string of the molecule is C/C=C(/C#N)C(=O)OC.CC. The quantitative estimate of drug-likeness (QED) is 0.328. The number of hydrogen-bond donors (Lipinski definition) is 0. The molecule has 3 heteroatoms. The summed E-state index contributed by atoms with van der Waals surface area (Å²) in [7, 11) is 1.24. The van der Waals surface area contributed by atoms with Crippen molar-refractivity contribution in [3.05, 3.63) is 11.6 Å². The Hall–Kier alpha value is -1.30. The first kappa shape index (κ1) is 12.4. The van der Waals surface area contributed by atoms with E-state index in [2.05, 4.69) is 4.74 Å². The number of rotatable bonds is 1. The van der Waals surface area contributed by atoms with Gasteiger partial charge in [-0.25, -0.2) is 4.79 Å². The van der Waals surface area contributed by atoms with Crippen LogP contribution in [0.1, 0.15) is 20.8 Å². The highest BCUT2D eigenvalue weighted by molar-refractivity contribution is 5.92. The Morgan fingerprint density at radius 2 is 2.00 bits per heavy atom. The molecule has 0 fully saturated rings. The monoisotopic (exact) mass is 155 g/mol. The highest BCUT2D eigenvalue weighted by Gasteiger charge is 2.04. The summed E-state index contributed by atoms with van der Waals surface area (Å²) in [5.74, 6) is -0.583. The average Bonchev–Trinajstić information content (AvgIpc) is 2.10. The molecule has 0 radical (unpaired) electrons. The molecule has 0 N–H and O–H groups in total. The molecule has 11 heavy (non-hydrogen) atoms. The van der Waals surface area contributed by atoms with Gasteiger partial charge in [0.05, 0.1) is 7.11 Å². The third-order valence-corrected chi connectivity index (χ3v) is 0.814. The molecule has 0 unspecified atom stereocenters. The molecule has 62 valence electrons. The number of carbonyl (C=O) groups is 1. The zero-order valence-electron chi connectivity index (χ0n) is 7.34. The molecule has 0 amide bonds. The van der Waals surface area contributed by atoms with Crippen molar-refractivity contribution in [3.8, 4) is 6.07 Å². The van der Waals surface area contributed by atoms with Crippen molar-refractivity contribution in [2.75, 3.05) is 7.11 Å².